The Morgan fingerprint density at radius 2 is 2.35 bits per heavy atom. The highest BCUT2D eigenvalue weighted by Gasteiger charge is 2.09. The number of nitrogen functional groups attached to an aromatic ring is 1. The van der Waals surface area contributed by atoms with Gasteiger partial charge in [-0.3, -0.25) is 9.36 Å². The highest BCUT2D eigenvalue weighted by atomic mass is 32.1. The SMILES string of the molecule is Nc1snnc1Cn1cnc2ccsc2c1=O. The van der Waals surface area contributed by atoms with Crippen LogP contribution in [0.15, 0.2) is 22.6 Å². The lowest BCUT2D eigenvalue weighted by Gasteiger charge is -2.02. The lowest BCUT2D eigenvalue weighted by Crippen LogP contribution is -2.20. The first-order valence-corrected chi connectivity index (χ1v) is 6.40. The first-order chi connectivity index (χ1) is 8.25. The Balaban J connectivity index is 2.09. The molecule has 86 valence electrons. The van der Waals surface area contributed by atoms with Crippen molar-refractivity contribution in [1.82, 2.24) is 19.1 Å². The van der Waals surface area contributed by atoms with E-state index < -0.39 is 0 Å². The highest BCUT2D eigenvalue weighted by molar-refractivity contribution is 7.17. The monoisotopic (exact) mass is 265 g/mol. The van der Waals surface area contributed by atoms with Crippen LogP contribution in [0.25, 0.3) is 10.2 Å². The molecule has 0 spiro atoms. The number of thiophene rings is 1. The lowest BCUT2D eigenvalue weighted by molar-refractivity contribution is 0.729. The van der Waals surface area contributed by atoms with Crippen molar-refractivity contribution in [3.63, 3.8) is 0 Å². The van der Waals surface area contributed by atoms with Crippen LogP contribution in [0, 0.1) is 0 Å². The topological polar surface area (TPSA) is 86.7 Å². The Morgan fingerprint density at radius 3 is 3.12 bits per heavy atom. The van der Waals surface area contributed by atoms with E-state index in [0.717, 1.165) is 17.0 Å². The highest BCUT2D eigenvalue weighted by Crippen LogP contribution is 2.15. The summed E-state index contributed by atoms with van der Waals surface area (Å²) in [6, 6.07) is 1.82. The molecule has 2 N–H and O–H groups in total. The Labute approximate surface area is 104 Å². The molecule has 3 aromatic rings. The molecule has 6 nitrogen and oxygen atoms in total. The molecule has 0 aromatic carbocycles. The minimum atomic E-state index is -0.0719. The van der Waals surface area contributed by atoms with Crippen molar-refractivity contribution in [2.75, 3.05) is 5.73 Å². The van der Waals surface area contributed by atoms with Crippen LogP contribution in [0.2, 0.25) is 0 Å². The number of hydrogen-bond acceptors (Lipinski definition) is 7. The second kappa shape index (κ2) is 3.90. The van der Waals surface area contributed by atoms with Crippen LogP contribution < -0.4 is 11.3 Å². The van der Waals surface area contributed by atoms with Crippen LogP contribution in [-0.4, -0.2) is 19.1 Å². The number of aromatic nitrogens is 4. The minimum Gasteiger partial charge on any atom is -0.388 e. The molecule has 3 rings (SSSR count). The van der Waals surface area contributed by atoms with E-state index in [9.17, 15) is 4.79 Å². The van der Waals surface area contributed by atoms with Crippen molar-refractivity contribution in [3.05, 3.63) is 33.8 Å². The van der Waals surface area contributed by atoms with Crippen LogP contribution in [0.4, 0.5) is 5.00 Å². The van der Waals surface area contributed by atoms with Crippen molar-refractivity contribution in [2.45, 2.75) is 6.54 Å². The van der Waals surface area contributed by atoms with Gasteiger partial charge in [-0.15, -0.1) is 16.4 Å². The van der Waals surface area contributed by atoms with Gasteiger partial charge in [-0.1, -0.05) is 4.49 Å². The molecule has 0 amide bonds. The largest absolute Gasteiger partial charge is 0.388 e. The smallest absolute Gasteiger partial charge is 0.271 e. The minimum absolute atomic E-state index is 0.0719. The van der Waals surface area contributed by atoms with Crippen LogP contribution in [0.5, 0.6) is 0 Å². The van der Waals surface area contributed by atoms with E-state index in [1.165, 1.54) is 22.2 Å². The van der Waals surface area contributed by atoms with Crippen molar-refractivity contribution >= 4 is 38.1 Å². The predicted molar refractivity (Wildman–Crippen MR) is 67.3 cm³/mol. The second-order valence-corrected chi connectivity index (χ2v) is 5.10. The summed E-state index contributed by atoms with van der Waals surface area (Å²) in [6.07, 6.45) is 1.51. The van der Waals surface area contributed by atoms with Gasteiger partial charge in [0.15, 0.2) is 0 Å². The Bertz CT molecular complexity index is 728. The summed E-state index contributed by atoms with van der Waals surface area (Å²) in [5, 5.41) is 6.26. The molecular formula is C9H7N5OS2. The van der Waals surface area contributed by atoms with E-state index in [-0.39, 0.29) is 5.56 Å². The molecular weight excluding hydrogens is 258 g/mol. The van der Waals surface area contributed by atoms with E-state index in [1.54, 1.807) is 0 Å². The summed E-state index contributed by atoms with van der Waals surface area (Å²) in [4.78, 5) is 16.3. The van der Waals surface area contributed by atoms with Crippen molar-refractivity contribution in [3.8, 4) is 0 Å². The third kappa shape index (κ3) is 1.71. The number of fused-ring (bicyclic) bond motifs is 1. The Kier molecular flexibility index (Phi) is 2.37. The first-order valence-electron chi connectivity index (χ1n) is 4.75. The standard InChI is InChI=1S/C9H7N5OS2/c10-8-6(12-13-17-8)3-14-4-11-5-1-2-16-7(5)9(14)15/h1-2,4H,3,10H2. The van der Waals surface area contributed by atoms with Crippen molar-refractivity contribution in [2.24, 2.45) is 0 Å². The maximum atomic E-state index is 12.1. The average Bonchev–Trinajstić information content (AvgIpc) is 2.92. The van der Waals surface area contributed by atoms with E-state index in [0.29, 0.717) is 21.9 Å². The summed E-state index contributed by atoms with van der Waals surface area (Å²) in [6.45, 7) is 0.308. The summed E-state index contributed by atoms with van der Waals surface area (Å²) >= 11 is 2.50. The molecule has 0 atom stereocenters. The van der Waals surface area contributed by atoms with Gasteiger partial charge in [0, 0.05) is 11.5 Å². The summed E-state index contributed by atoms with van der Waals surface area (Å²) in [7, 11) is 0. The average molecular weight is 265 g/mol. The lowest BCUT2D eigenvalue weighted by atomic mass is 10.4. The molecule has 0 saturated heterocycles. The quantitative estimate of drug-likeness (QED) is 0.745. The Hall–Kier alpha value is -1.80. The van der Waals surface area contributed by atoms with Gasteiger partial charge in [-0.05, 0) is 11.4 Å². The Morgan fingerprint density at radius 1 is 1.47 bits per heavy atom. The van der Waals surface area contributed by atoms with Gasteiger partial charge in [-0.2, -0.15) is 0 Å². The predicted octanol–water partition coefficient (Wildman–Crippen LogP) is 0.940. The van der Waals surface area contributed by atoms with Gasteiger partial charge in [0.25, 0.3) is 5.56 Å². The molecule has 0 bridgehead atoms. The summed E-state index contributed by atoms with van der Waals surface area (Å²) in [5.41, 5.74) is 6.95. The fourth-order valence-corrected chi connectivity index (χ4v) is 2.71. The molecule has 8 heteroatoms. The molecule has 0 aliphatic carbocycles. The molecule has 17 heavy (non-hydrogen) atoms. The van der Waals surface area contributed by atoms with Gasteiger partial charge in [-0.25, -0.2) is 4.98 Å². The zero-order chi connectivity index (χ0) is 11.8. The fraction of sp³-hybridized carbons (Fsp3) is 0.111. The van der Waals surface area contributed by atoms with Gasteiger partial charge in [0.05, 0.1) is 18.4 Å². The van der Waals surface area contributed by atoms with Crippen LogP contribution in [0.1, 0.15) is 5.69 Å². The number of anilines is 1. The van der Waals surface area contributed by atoms with E-state index in [2.05, 4.69) is 14.6 Å². The third-order valence-corrected chi connectivity index (χ3v) is 3.83. The van der Waals surface area contributed by atoms with Gasteiger partial charge < -0.3 is 5.73 Å². The van der Waals surface area contributed by atoms with Gasteiger partial charge >= 0.3 is 0 Å². The maximum absolute atomic E-state index is 12.1. The maximum Gasteiger partial charge on any atom is 0.271 e. The number of nitrogens with two attached hydrogens (primary N) is 1. The number of hydrogen-bond donors (Lipinski definition) is 1. The zero-order valence-corrected chi connectivity index (χ0v) is 10.2. The van der Waals surface area contributed by atoms with Crippen LogP contribution >= 0.6 is 22.9 Å². The van der Waals surface area contributed by atoms with Crippen molar-refractivity contribution in [1.29, 1.82) is 0 Å². The molecule has 0 fully saturated rings. The molecule has 0 unspecified atom stereocenters. The molecule has 3 aromatic heterocycles. The van der Waals surface area contributed by atoms with Gasteiger partial charge in [0.2, 0.25) is 0 Å². The zero-order valence-electron chi connectivity index (χ0n) is 8.53. The summed E-state index contributed by atoms with van der Waals surface area (Å²) in [5.74, 6) is 0. The van der Waals surface area contributed by atoms with E-state index in [1.807, 2.05) is 11.4 Å². The van der Waals surface area contributed by atoms with E-state index >= 15 is 0 Å². The molecule has 3 heterocycles. The van der Waals surface area contributed by atoms with Crippen LogP contribution in [0.3, 0.4) is 0 Å². The third-order valence-electron chi connectivity index (χ3n) is 2.34. The number of rotatable bonds is 2. The van der Waals surface area contributed by atoms with Crippen molar-refractivity contribution < 1.29 is 0 Å². The van der Waals surface area contributed by atoms with E-state index in [4.69, 9.17) is 5.73 Å². The first kappa shape index (κ1) is 10.4. The number of nitrogens with zero attached hydrogens (tertiary/aromatic N) is 4. The molecule has 0 aliphatic rings. The van der Waals surface area contributed by atoms with Gasteiger partial charge in [0.1, 0.15) is 15.4 Å². The summed E-state index contributed by atoms with van der Waals surface area (Å²) < 4.78 is 5.87. The van der Waals surface area contributed by atoms with Crippen LogP contribution in [-0.2, 0) is 6.54 Å². The molecule has 0 radical (unpaired) electrons. The molecule has 0 saturated carbocycles. The molecule has 0 aliphatic heterocycles. The fourth-order valence-electron chi connectivity index (χ4n) is 1.48. The normalized spacial score (nSPS) is 11.1. The second-order valence-electron chi connectivity index (χ2n) is 3.40.